The first-order valence-electron chi connectivity index (χ1n) is 6.64. The van der Waals surface area contributed by atoms with Crippen LogP contribution in [0.4, 0.5) is 0 Å². The Balaban J connectivity index is 1.96. The quantitative estimate of drug-likeness (QED) is 0.784. The normalized spacial score (nSPS) is 12.7. The molecular weight excluding hydrogens is 250 g/mol. The SMILES string of the molecule is CNC(Cc1nn(C)c2ccccc12)c1ncccn1. The largest absolute Gasteiger partial charge is 0.310 e. The second kappa shape index (κ2) is 5.38. The van der Waals surface area contributed by atoms with Crippen molar-refractivity contribution in [2.75, 3.05) is 7.05 Å². The number of fused-ring (bicyclic) bond motifs is 1. The first-order chi connectivity index (χ1) is 9.79. The number of rotatable bonds is 4. The average Bonchev–Trinajstić information content (AvgIpc) is 2.82. The van der Waals surface area contributed by atoms with Gasteiger partial charge in [-0.05, 0) is 19.2 Å². The number of hydrogen-bond donors (Lipinski definition) is 1. The van der Waals surface area contributed by atoms with Crippen molar-refractivity contribution in [2.45, 2.75) is 12.5 Å². The Morgan fingerprint density at radius 2 is 1.90 bits per heavy atom. The molecule has 3 rings (SSSR count). The van der Waals surface area contributed by atoms with Crippen molar-refractivity contribution >= 4 is 10.9 Å². The van der Waals surface area contributed by atoms with Gasteiger partial charge in [0.2, 0.25) is 0 Å². The highest BCUT2D eigenvalue weighted by Gasteiger charge is 2.17. The van der Waals surface area contributed by atoms with Crippen molar-refractivity contribution in [1.82, 2.24) is 25.1 Å². The van der Waals surface area contributed by atoms with Crippen LogP contribution in [-0.4, -0.2) is 26.8 Å². The molecule has 3 aromatic rings. The fourth-order valence-corrected chi connectivity index (χ4v) is 2.45. The summed E-state index contributed by atoms with van der Waals surface area (Å²) in [6, 6.07) is 10.2. The van der Waals surface area contributed by atoms with E-state index in [9.17, 15) is 0 Å². The van der Waals surface area contributed by atoms with Gasteiger partial charge in [-0.3, -0.25) is 4.68 Å². The van der Waals surface area contributed by atoms with Gasteiger partial charge >= 0.3 is 0 Å². The number of likely N-dealkylation sites (N-methyl/N-ethyl adjacent to an activating group) is 1. The summed E-state index contributed by atoms with van der Waals surface area (Å²) < 4.78 is 1.92. The second-order valence-electron chi connectivity index (χ2n) is 4.74. The van der Waals surface area contributed by atoms with E-state index in [2.05, 4.69) is 32.5 Å². The number of nitrogens with one attached hydrogen (secondary N) is 1. The zero-order valence-electron chi connectivity index (χ0n) is 11.6. The summed E-state index contributed by atoms with van der Waals surface area (Å²) in [5.74, 6) is 0.796. The van der Waals surface area contributed by atoms with Crippen molar-refractivity contribution in [2.24, 2.45) is 7.05 Å². The van der Waals surface area contributed by atoms with Crippen LogP contribution in [0.1, 0.15) is 17.6 Å². The first kappa shape index (κ1) is 12.7. The highest BCUT2D eigenvalue weighted by atomic mass is 15.3. The minimum Gasteiger partial charge on any atom is -0.310 e. The fourth-order valence-electron chi connectivity index (χ4n) is 2.45. The Morgan fingerprint density at radius 3 is 2.65 bits per heavy atom. The molecule has 102 valence electrons. The number of hydrogen-bond acceptors (Lipinski definition) is 4. The zero-order chi connectivity index (χ0) is 13.9. The molecule has 0 saturated heterocycles. The lowest BCUT2D eigenvalue weighted by Gasteiger charge is -2.13. The van der Waals surface area contributed by atoms with Crippen LogP contribution in [0, 0.1) is 0 Å². The van der Waals surface area contributed by atoms with Crippen molar-refractivity contribution in [1.29, 1.82) is 0 Å². The van der Waals surface area contributed by atoms with E-state index >= 15 is 0 Å². The Bertz CT molecular complexity index is 705. The van der Waals surface area contributed by atoms with Gasteiger partial charge in [-0.25, -0.2) is 9.97 Å². The molecule has 0 amide bonds. The topological polar surface area (TPSA) is 55.6 Å². The zero-order valence-corrected chi connectivity index (χ0v) is 11.6. The summed E-state index contributed by atoms with van der Waals surface area (Å²) in [6.45, 7) is 0. The Hall–Kier alpha value is -2.27. The third kappa shape index (κ3) is 2.28. The standard InChI is InChI=1S/C15H17N5/c1-16-13(15-17-8-5-9-18-15)10-12-11-6-3-4-7-14(11)20(2)19-12/h3-9,13,16H,10H2,1-2H3. The highest BCUT2D eigenvalue weighted by molar-refractivity contribution is 5.81. The van der Waals surface area contributed by atoms with Gasteiger partial charge in [0.15, 0.2) is 0 Å². The molecule has 2 heterocycles. The molecular formula is C15H17N5. The summed E-state index contributed by atoms with van der Waals surface area (Å²) in [5, 5.41) is 9.08. The summed E-state index contributed by atoms with van der Waals surface area (Å²) in [7, 11) is 3.89. The lowest BCUT2D eigenvalue weighted by atomic mass is 10.1. The number of aryl methyl sites for hydroxylation is 1. The second-order valence-corrected chi connectivity index (χ2v) is 4.74. The van der Waals surface area contributed by atoms with Gasteiger partial charge in [0, 0.05) is 31.2 Å². The minimum atomic E-state index is 0.0644. The van der Waals surface area contributed by atoms with Gasteiger partial charge in [0.05, 0.1) is 17.3 Å². The van der Waals surface area contributed by atoms with Crippen LogP contribution in [0.2, 0.25) is 0 Å². The summed E-state index contributed by atoms with van der Waals surface area (Å²) in [5.41, 5.74) is 2.21. The Labute approximate surface area is 117 Å². The van der Waals surface area contributed by atoms with Crippen LogP contribution in [0.25, 0.3) is 10.9 Å². The highest BCUT2D eigenvalue weighted by Crippen LogP contribution is 2.22. The number of para-hydroxylation sites is 1. The maximum atomic E-state index is 4.62. The predicted octanol–water partition coefficient (Wildman–Crippen LogP) is 1.87. The number of nitrogens with zero attached hydrogens (tertiary/aromatic N) is 4. The third-order valence-corrected chi connectivity index (χ3v) is 3.48. The third-order valence-electron chi connectivity index (χ3n) is 3.48. The van der Waals surface area contributed by atoms with E-state index in [1.54, 1.807) is 12.4 Å². The minimum absolute atomic E-state index is 0.0644. The van der Waals surface area contributed by atoms with E-state index in [-0.39, 0.29) is 6.04 Å². The van der Waals surface area contributed by atoms with E-state index in [1.807, 2.05) is 37.0 Å². The lowest BCUT2D eigenvalue weighted by Crippen LogP contribution is -2.21. The molecule has 1 N–H and O–H groups in total. The molecule has 0 aliphatic rings. The molecule has 0 aliphatic heterocycles. The molecule has 5 heteroatoms. The van der Waals surface area contributed by atoms with Crippen LogP contribution in [0.5, 0.6) is 0 Å². The smallest absolute Gasteiger partial charge is 0.145 e. The fraction of sp³-hybridized carbons (Fsp3) is 0.267. The van der Waals surface area contributed by atoms with Gasteiger partial charge in [-0.15, -0.1) is 0 Å². The predicted molar refractivity (Wildman–Crippen MR) is 78.3 cm³/mol. The molecule has 20 heavy (non-hydrogen) atoms. The summed E-state index contributed by atoms with van der Waals surface area (Å²) >= 11 is 0. The molecule has 2 aromatic heterocycles. The van der Waals surface area contributed by atoms with Crippen molar-refractivity contribution in [3.8, 4) is 0 Å². The maximum absolute atomic E-state index is 4.62. The van der Waals surface area contributed by atoms with E-state index < -0.39 is 0 Å². The molecule has 0 spiro atoms. The van der Waals surface area contributed by atoms with Crippen LogP contribution in [0.15, 0.2) is 42.7 Å². The Morgan fingerprint density at radius 1 is 1.15 bits per heavy atom. The molecule has 0 bridgehead atoms. The molecule has 0 fully saturated rings. The number of aromatic nitrogens is 4. The van der Waals surface area contributed by atoms with E-state index in [4.69, 9.17) is 0 Å². The molecule has 0 radical (unpaired) electrons. The van der Waals surface area contributed by atoms with Crippen molar-refractivity contribution < 1.29 is 0 Å². The Kier molecular flexibility index (Phi) is 3.43. The van der Waals surface area contributed by atoms with Crippen molar-refractivity contribution in [3.63, 3.8) is 0 Å². The van der Waals surface area contributed by atoms with E-state index in [0.29, 0.717) is 0 Å². The average molecular weight is 267 g/mol. The number of benzene rings is 1. The molecule has 1 aromatic carbocycles. The molecule has 1 unspecified atom stereocenters. The van der Waals surface area contributed by atoms with Gasteiger partial charge in [-0.1, -0.05) is 18.2 Å². The van der Waals surface area contributed by atoms with Crippen LogP contribution >= 0.6 is 0 Å². The van der Waals surface area contributed by atoms with Crippen LogP contribution in [-0.2, 0) is 13.5 Å². The van der Waals surface area contributed by atoms with E-state index in [1.165, 1.54) is 5.39 Å². The lowest BCUT2D eigenvalue weighted by molar-refractivity contribution is 0.547. The molecule has 5 nitrogen and oxygen atoms in total. The van der Waals surface area contributed by atoms with Crippen LogP contribution < -0.4 is 5.32 Å². The van der Waals surface area contributed by atoms with Gasteiger partial charge < -0.3 is 5.32 Å². The van der Waals surface area contributed by atoms with Crippen LogP contribution in [0.3, 0.4) is 0 Å². The molecule has 0 saturated carbocycles. The monoisotopic (exact) mass is 267 g/mol. The summed E-state index contributed by atoms with van der Waals surface area (Å²) in [4.78, 5) is 8.65. The molecule has 0 aliphatic carbocycles. The first-order valence-corrected chi connectivity index (χ1v) is 6.64. The molecule has 1 atom stereocenters. The van der Waals surface area contributed by atoms with Crippen molar-refractivity contribution in [3.05, 3.63) is 54.2 Å². The summed E-state index contributed by atoms with van der Waals surface area (Å²) in [6.07, 6.45) is 4.30. The van der Waals surface area contributed by atoms with E-state index in [0.717, 1.165) is 23.5 Å². The maximum Gasteiger partial charge on any atom is 0.145 e. The van der Waals surface area contributed by atoms with Gasteiger partial charge in [-0.2, -0.15) is 5.10 Å². The van der Waals surface area contributed by atoms with Gasteiger partial charge in [0.1, 0.15) is 5.82 Å². The van der Waals surface area contributed by atoms with Gasteiger partial charge in [0.25, 0.3) is 0 Å².